The van der Waals surface area contributed by atoms with Crippen molar-refractivity contribution in [2.24, 2.45) is 0 Å². The van der Waals surface area contributed by atoms with E-state index in [9.17, 15) is 57.5 Å². The van der Waals surface area contributed by atoms with Crippen LogP contribution in [0.4, 0.5) is 57.5 Å². The third-order valence-electron chi connectivity index (χ3n) is 23.2. The van der Waals surface area contributed by atoms with Gasteiger partial charge >= 0.3 is 72.7 Å². The number of carbonyl (C=O) groups is 12. The molecular weight excluding hydrogens is 1710 g/mol. The molecule has 18 N–H and O–H groups in total. The Labute approximate surface area is 785 Å². The highest BCUT2D eigenvalue weighted by Crippen LogP contribution is 2.23. The molecule has 0 saturated heterocycles. The van der Waals surface area contributed by atoms with Crippen molar-refractivity contribution in [3.63, 3.8) is 0 Å². The number of nitrogens with one attached hydrogen (secondary N) is 18. The zero-order valence-corrected chi connectivity index (χ0v) is 79.8. The molecule has 0 aromatic rings. The van der Waals surface area contributed by atoms with Gasteiger partial charge in [0, 0.05) is 115 Å². The summed E-state index contributed by atoms with van der Waals surface area (Å²) in [5, 5.41) is 50.9. The molecule has 0 unspecified atom stereocenters. The molecule has 0 radical (unpaired) electrons. The van der Waals surface area contributed by atoms with E-state index in [4.69, 9.17) is 47.4 Å². The Morgan fingerprint density at radius 2 is 0.295 bits per heavy atom. The lowest BCUT2D eigenvalue weighted by molar-refractivity contribution is 0.0723. The minimum Gasteiger partial charge on any atom is -0.449 e. The minimum atomic E-state index is -0.395. The van der Waals surface area contributed by atoms with Gasteiger partial charge in [-0.05, 0) is 128 Å². The van der Waals surface area contributed by atoms with Gasteiger partial charge in [-0.25, -0.2) is 57.5 Å². The van der Waals surface area contributed by atoms with Gasteiger partial charge in [0.25, 0.3) is 0 Å². The van der Waals surface area contributed by atoms with Crippen molar-refractivity contribution < 1.29 is 105 Å². The third-order valence-corrected chi connectivity index (χ3v) is 23.2. The van der Waals surface area contributed by atoms with Gasteiger partial charge in [0.2, 0.25) is 0 Å². The fraction of sp³-hybridized carbons (Fsp3) is 0.870. The Morgan fingerprint density at radius 1 is 0.152 bits per heavy atom. The van der Waals surface area contributed by atoms with E-state index >= 15 is 0 Å². The van der Waals surface area contributed by atoms with Crippen LogP contribution in [0.1, 0.15) is 308 Å². The maximum absolute atomic E-state index is 11.9. The van der Waals surface area contributed by atoms with E-state index in [1.807, 2.05) is 0 Å². The van der Waals surface area contributed by atoms with Crippen molar-refractivity contribution in [1.29, 1.82) is 0 Å². The lowest BCUT2D eigenvalue weighted by atomic mass is 9.96. The van der Waals surface area contributed by atoms with Crippen LogP contribution >= 0.6 is 0 Å². The molecular formula is C92H172N18O22. The van der Waals surface area contributed by atoms with Crippen molar-refractivity contribution in [2.75, 3.05) is 171 Å². The molecule has 6 rings (SSSR count). The molecule has 18 amide bonds. The smallest absolute Gasteiger partial charge is 0.407 e. The van der Waals surface area contributed by atoms with Crippen molar-refractivity contribution >= 4 is 72.7 Å². The second-order valence-corrected chi connectivity index (χ2v) is 34.6. The highest BCUT2D eigenvalue weighted by molar-refractivity contribution is 5.76. The molecule has 0 heterocycles. The number of urea groups is 6. The summed E-state index contributed by atoms with van der Waals surface area (Å²) in [6.07, 6.45) is 48.0. The molecule has 0 aromatic carbocycles. The fourth-order valence-corrected chi connectivity index (χ4v) is 15.8. The SMILES string of the molecule is O=C(NCCCCCCCCNC(=O)NCCCOC(=O)NC1CCCCC1)NCCCOC(=O)NC1CCCCC1.O=C(NCCCCCCCCNC(=O)NCCOCCOC(=O)NC1CCCCC1)NCCOCCOC(=O)NC1CCCCC1.O=C(NCCCCCCNC(=O)NCCOCCOC(=O)NC1CCCCC1)NCCOCCOC(=O)NC1CCCCC1. The summed E-state index contributed by atoms with van der Waals surface area (Å²) < 4.78 is 52.4. The molecule has 0 aromatic heterocycles. The van der Waals surface area contributed by atoms with Crippen molar-refractivity contribution in [3.8, 4) is 0 Å². The number of ether oxygens (including phenoxy) is 10. The largest absolute Gasteiger partial charge is 0.449 e. The summed E-state index contributed by atoms with van der Waals surface area (Å²) in [6.45, 7) is 9.90. The van der Waals surface area contributed by atoms with Gasteiger partial charge in [-0.2, -0.15) is 0 Å². The van der Waals surface area contributed by atoms with Gasteiger partial charge in [-0.3, -0.25) is 0 Å². The summed E-state index contributed by atoms with van der Waals surface area (Å²) in [4.78, 5) is 142. The summed E-state index contributed by atoms with van der Waals surface area (Å²) >= 11 is 0. The van der Waals surface area contributed by atoms with Gasteiger partial charge in [0.1, 0.15) is 26.4 Å². The molecule has 0 bridgehead atoms. The molecule has 40 heteroatoms. The lowest BCUT2D eigenvalue weighted by Crippen LogP contribution is -2.38. The first-order valence-electron chi connectivity index (χ1n) is 50.6. The van der Waals surface area contributed by atoms with E-state index in [0.29, 0.717) is 131 Å². The summed E-state index contributed by atoms with van der Waals surface area (Å²) in [7, 11) is 0. The first-order valence-corrected chi connectivity index (χ1v) is 50.6. The molecule has 6 saturated carbocycles. The van der Waals surface area contributed by atoms with E-state index in [2.05, 4.69) is 95.7 Å². The zero-order valence-electron chi connectivity index (χ0n) is 79.8. The number of hydrogen-bond acceptors (Lipinski definition) is 22. The number of hydrogen-bond donors (Lipinski definition) is 18. The Kier molecular flexibility index (Phi) is 72.3. The van der Waals surface area contributed by atoms with Crippen LogP contribution in [0, 0.1) is 0 Å². The summed E-state index contributed by atoms with van der Waals surface area (Å²) in [6, 6.07) is 0.0554. The third kappa shape index (κ3) is 71.7. The number of unbranched alkanes of at least 4 members (excludes halogenated alkanes) is 13. The first kappa shape index (κ1) is 115. The van der Waals surface area contributed by atoms with E-state index in [-0.39, 0.29) is 150 Å². The molecule has 132 heavy (non-hydrogen) atoms. The van der Waals surface area contributed by atoms with Gasteiger partial charge in [0.05, 0.1) is 66.1 Å². The van der Waals surface area contributed by atoms with Gasteiger partial charge in [-0.1, -0.05) is 180 Å². The Hall–Kier alpha value is -8.92. The Bertz CT molecular complexity index is 2790. The van der Waals surface area contributed by atoms with Gasteiger partial charge in [-0.15, -0.1) is 0 Å². The molecule has 40 nitrogen and oxygen atoms in total. The van der Waals surface area contributed by atoms with Crippen molar-refractivity contribution in [1.82, 2.24) is 95.7 Å². The van der Waals surface area contributed by atoms with Crippen LogP contribution in [0.2, 0.25) is 0 Å². The van der Waals surface area contributed by atoms with Crippen molar-refractivity contribution in [3.05, 3.63) is 0 Å². The number of alkyl carbamates (subject to hydrolysis) is 6. The number of carbonyl (C=O) groups excluding carboxylic acids is 12. The van der Waals surface area contributed by atoms with Crippen LogP contribution in [-0.4, -0.2) is 280 Å². The predicted molar refractivity (Wildman–Crippen MR) is 503 cm³/mol. The van der Waals surface area contributed by atoms with E-state index in [1.54, 1.807) is 0 Å². The molecule has 6 aliphatic carbocycles. The fourth-order valence-electron chi connectivity index (χ4n) is 15.8. The topological polar surface area (TPSA) is 514 Å². The van der Waals surface area contributed by atoms with E-state index < -0.39 is 12.2 Å². The average molecular weight is 1880 g/mol. The van der Waals surface area contributed by atoms with E-state index in [1.165, 1.54) is 38.5 Å². The van der Waals surface area contributed by atoms with E-state index in [0.717, 1.165) is 257 Å². The number of amides is 18. The first-order chi connectivity index (χ1) is 64.6. The van der Waals surface area contributed by atoms with Crippen LogP contribution in [0.25, 0.3) is 0 Å². The second-order valence-electron chi connectivity index (χ2n) is 34.6. The van der Waals surface area contributed by atoms with Crippen LogP contribution in [0.15, 0.2) is 0 Å². The molecule has 0 spiro atoms. The quantitative estimate of drug-likeness (QED) is 0.0199. The monoisotopic (exact) mass is 1880 g/mol. The lowest BCUT2D eigenvalue weighted by Gasteiger charge is -2.22. The minimum absolute atomic E-state index is 0.180. The maximum atomic E-state index is 11.9. The van der Waals surface area contributed by atoms with Crippen LogP contribution < -0.4 is 95.7 Å². The molecule has 762 valence electrons. The highest BCUT2D eigenvalue weighted by Gasteiger charge is 2.23. The molecule has 6 aliphatic rings. The highest BCUT2D eigenvalue weighted by atomic mass is 16.6. The van der Waals surface area contributed by atoms with Gasteiger partial charge < -0.3 is 143 Å². The number of rotatable bonds is 63. The van der Waals surface area contributed by atoms with Gasteiger partial charge in [0.15, 0.2) is 0 Å². The average Bonchev–Trinajstić information content (AvgIpc) is 0.958. The Balaban J connectivity index is 0.000000415. The predicted octanol–water partition coefficient (Wildman–Crippen LogP) is 12.2. The summed E-state index contributed by atoms with van der Waals surface area (Å²) in [5.41, 5.74) is 0. The van der Waals surface area contributed by atoms with Crippen LogP contribution in [-0.2, 0) is 47.4 Å². The summed E-state index contributed by atoms with van der Waals surface area (Å²) in [5.74, 6) is 0. The Morgan fingerprint density at radius 3 is 0.470 bits per heavy atom. The zero-order chi connectivity index (χ0) is 94.5. The van der Waals surface area contributed by atoms with Crippen LogP contribution in [0.5, 0.6) is 0 Å². The standard InChI is InChI=1S/C32H60N6O8.C30H56N6O8.C30H56N6O6/c39-29(35-19-21-43-23-25-45-31(41)37-27-13-7-5-8-14-27)33-17-11-3-1-2-4-12-18-34-30(40)36-20-22-44-24-26-46-32(42)38-28-15-9-6-10-16-28;37-27(33-17-19-41-21-23-43-29(39)35-25-11-5-3-6-12-25)31-15-9-1-2-10-16-32-28(38)34-18-20-42-22-24-44-30(40)36-26-13-7-4-8-14-26;37-27(33-21-13-23-41-29(39)35-25-15-7-5-8-16-25)31-19-11-3-1-2-4-12-20-32-28(38)34-22-14-24-42-30(40)36-26-17-9-6-10-18-26/h27-28H,1-26H2,(H,37,41)(H,38,42)(H2,33,35,39)(H2,34,36,40);25-26H,1-24H2,(H,35,39)(H,36,40)(H2,31,33,37)(H2,32,34,38);25-26H,1-24H2,(H,35,39)(H,36,40)(H2,31,33,37)(H2,32,34,38). The molecule has 0 atom stereocenters. The molecule has 0 aliphatic heterocycles. The van der Waals surface area contributed by atoms with Crippen molar-refractivity contribution in [2.45, 2.75) is 344 Å². The molecule has 6 fully saturated rings. The normalized spacial score (nSPS) is 15.5. The maximum Gasteiger partial charge on any atom is 0.407 e. The second kappa shape index (κ2) is 82.7. The van der Waals surface area contributed by atoms with Crippen LogP contribution in [0.3, 0.4) is 0 Å².